The number of hydrogen-bond acceptors (Lipinski definition) is 3. The van der Waals surface area contributed by atoms with Gasteiger partial charge in [-0.15, -0.1) is 0 Å². The highest BCUT2D eigenvalue weighted by Gasteiger charge is 2.05. The van der Waals surface area contributed by atoms with Crippen LogP contribution in [-0.2, 0) is 6.54 Å². The topological polar surface area (TPSA) is 54.7 Å². The molecule has 0 aliphatic heterocycles. The molecule has 0 saturated heterocycles. The third-order valence-electron chi connectivity index (χ3n) is 1.93. The number of aromatic amines is 1. The normalized spacial score (nSPS) is 10.5. The Morgan fingerprint density at radius 3 is 3.00 bits per heavy atom. The molecular formula is C10H10ClN3S. The predicted octanol–water partition coefficient (Wildman–Crippen LogP) is 2.67. The SMILES string of the molecule is NCc1ccc(Cl)cc1Sc1ncc[nH]1. The summed E-state index contributed by atoms with van der Waals surface area (Å²) in [5, 5.41) is 1.55. The summed E-state index contributed by atoms with van der Waals surface area (Å²) in [6.07, 6.45) is 3.50. The van der Waals surface area contributed by atoms with E-state index in [0.29, 0.717) is 11.6 Å². The molecule has 0 fully saturated rings. The van der Waals surface area contributed by atoms with Crippen LogP contribution in [0.5, 0.6) is 0 Å². The predicted molar refractivity (Wildman–Crippen MR) is 62.1 cm³/mol. The van der Waals surface area contributed by atoms with E-state index < -0.39 is 0 Å². The van der Waals surface area contributed by atoms with Crippen molar-refractivity contribution in [3.05, 3.63) is 41.2 Å². The number of hydrogen-bond donors (Lipinski definition) is 2. The van der Waals surface area contributed by atoms with Gasteiger partial charge in [0.15, 0.2) is 5.16 Å². The fourth-order valence-electron chi connectivity index (χ4n) is 1.20. The average molecular weight is 240 g/mol. The first kappa shape index (κ1) is 10.5. The third-order valence-corrected chi connectivity index (χ3v) is 3.18. The van der Waals surface area contributed by atoms with Crippen LogP contribution in [0, 0.1) is 0 Å². The van der Waals surface area contributed by atoms with E-state index in [-0.39, 0.29) is 0 Å². The van der Waals surface area contributed by atoms with Crippen molar-refractivity contribution < 1.29 is 0 Å². The molecule has 0 bridgehead atoms. The van der Waals surface area contributed by atoms with Gasteiger partial charge in [0.05, 0.1) is 0 Å². The van der Waals surface area contributed by atoms with Crippen molar-refractivity contribution in [2.24, 2.45) is 5.73 Å². The molecule has 1 aromatic heterocycles. The zero-order valence-corrected chi connectivity index (χ0v) is 9.48. The van der Waals surface area contributed by atoms with E-state index in [0.717, 1.165) is 15.6 Å². The summed E-state index contributed by atoms with van der Waals surface area (Å²) in [6, 6.07) is 5.68. The van der Waals surface area contributed by atoms with E-state index >= 15 is 0 Å². The summed E-state index contributed by atoms with van der Waals surface area (Å²) < 4.78 is 0. The van der Waals surface area contributed by atoms with E-state index in [1.807, 2.05) is 18.2 Å². The molecule has 1 heterocycles. The quantitative estimate of drug-likeness (QED) is 0.866. The maximum atomic E-state index is 5.93. The van der Waals surface area contributed by atoms with Gasteiger partial charge in [0.25, 0.3) is 0 Å². The molecule has 15 heavy (non-hydrogen) atoms. The lowest BCUT2D eigenvalue weighted by Gasteiger charge is -2.05. The van der Waals surface area contributed by atoms with Crippen LogP contribution in [0.1, 0.15) is 5.56 Å². The first-order valence-electron chi connectivity index (χ1n) is 4.45. The van der Waals surface area contributed by atoms with Crippen LogP contribution in [0.25, 0.3) is 0 Å². The van der Waals surface area contributed by atoms with Gasteiger partial charge in [-0.3, -0.25) is 0 Å². The molecule has 3 nitrogen and oxygen atoms in total. The van der Waals surface area contributed by atoms with E-state index in [2.05, 4.69) is 9.97 Å². The molecule has 0 spiro atoms. The minimum Gasteiger partial charge on any atom is -0.339 e. The Balaban J connectivity index is 2.30. The number of nitrogens with one attached hydrogen (secondary N) is 1. The number of H-pyrrole nitrogens is 1. The summed E-state index contributed by atoms with van der Waals surface area (Å²) in [6.45, 7) is 0.500. The van der Waals surface area contributed by atoms with Gasteiger partial charge in [0, 0.05) is 28.9 Å². The highest BCUT2D eigenvalue weighted by atomic mass is 35.5. The number of aromatic nitrogens is 2. The highest BCUT2D eigenvalue weighted by Crippen LogP contribution is 2.30. The fraction of sp³-hybridized carbons (Fsp3) is 0.100. The molecule has 1 aromatic carbocycles. The third kappa shape index (κ3) is 2.53. The van der Waals surface area contributed by atoms with Crippen molar-refractivity contribution in [3.8, 4) is 0 Å². The summed E-state index contributed by atoms with van der Waals surface area (Å²) in [7, 11) is 0. The summed E-state index contributed by atoms with van der Waals surface area (Å²) in [4.78, 5) is 8.21. The van der Waals surface area contributed by atoms with Gasteiger partial charge in [-0.25, -0.2) is 4.98 Å². The number of rotatable bonds is 3. The number of nitrogens with zero attached hydrogens (tertiary/aromatic N) is 1. The van der Waals surface area contributed by atoms with Crippen molar-refractivity contribution in [1.29, 1.82) is 0 Å². The van der Waals surface area contributed by atoms with E-state index in [9.17, 15) is 0 Å². The van der Waals surface area contributed by atoms with Crippen molar-refractivity contribution >= 4 is 23.4 Å². The molecule has 5 heteroatoms. The summed E-state index contributed by atoms with van der Waals surface area (Å²) in [5.74, 6) is 0. The van der Waals surface area contributed by atoms with Gasteiger partial charge in [-0.05, 0) is 17.7 Å². The van der Waals surface area contributed by atoms with E-state index in [4.69, 9.17) is 17.3 Å². The fourth-order valence-corrected chi connectivity index (χ4v) is 2.36. The minimum atomic E-state index is 0.500. The lowest BCUT2D eigenvalue weighted by Crippen LogP contribution is -1.98. The molecule has 0 amide bonds. The van der Waals surface area contributed by atoms with Gasteiger partial charge in [-0.1, -0.05) is 29.4 Å². The van der Waals surface area contributed by atoms with Gasteiger partial charge >= 0.3 is 0 Å². The molecule has 2 aromatic rings. The molecule has 0 aliphatic carbocycles. The molecule has 0 aliphatic rings. The Kier molecular flexibility index (Phi) is 3.30. The smallest absolute Gasteiger partial charge is 0.170 e. The second-order valence-electron chi connectivity index (χ2n) is 2.95. The zero-order chi connectivity index (χ0) is 10.7. The Morgan fingerprint density at radius 1 is 1.47 bits per heavy atom. The van der Waals surface area contributed by atoms with Gasteiger partial charge in [0.2, 0.25) is 0 Å². The van der Waals surface area contributed by atoms with Gasteiger partial charge in [-0.2, -0.15) is 0 Å². The standard InChI is InChI=1S/C10H10ClN3S/c11-8-2-1-7(6-12)9(5-8)15-10-13-3-4-14-10/h1-5H,6,12H2,(H,13,14). The Labute approximate surface area is 97.0 Å². The average Bonchev–Trinajstić information content (AvgIpc) is 2.71. The van der Waals surface area contributed by atoms with Crippen LogP contribution in [0.3, 0.4) is 0 Å². The number of nitrogens with two attached hydrogens (primary N) is 1. The van der Waals surface area contributed by atoms with Crippen LogP contribution in [0.4, 0.5) is 0 Å². The Morgan fingerprint density at radius 2 is 2.33 bits per heavy atom. The molecule has 3 N–H and O–H groups in total. The Bertz CT molecular complexity index is 442. The minimum absolute atomic E-state index is 0.500. The monoisotopic (exact) mass is 239 g/mol. The molecule has 0 atom stereocenters. The van der Waals surface area contributed by atoms with E-state index in [1.165, 1.54) is 11.8 Å². The molecule has 0 unspecified atom stereocenters. The number of halogens is 1. The molecule has 0 saturated carbocycles. The highest BCUT2D eigenvalue weighted by molar-refractivity contribution is 7.99. The second-order valence-corrected chi connectivity index (χ2v) is 4.42. The lowest BCUT2D eigenvalue weighted by atomic mass is 10.2. The van der Waals surface area contributed by atoms with Crippen LogP contribution < -0.4 is 5.73 Å². The largest absolute Gasteiger partial charge is 0.339 e. The first-order chi connectivity index (χ1) is 7.29. The maximum Gasteiger partial charge on any atom is 0.170 e. The van der Waals surface area contributed by atoms with Crippen LogP contribution in [0.2, 0.25) is 5.02 Å². The summed E-state index contributed by atoms with van der Waals surface area (Å²) >= 11 is 7.46. The lowest BCUT2D eigenvalue weighted by molar-refractivity contribution is 1.01. The second kappa shape index (κ2) is 4.70. The number of imidazole rings is 1. The van der Waals surface area contributed by atoms with Gasteiger partial charge < -0.3 is 10.7 Å². The van der Waals surface area contributed by atoms with Crippen molar-refractivity contribution in [2.45, 2.75) is 16.6 Å². The number of benzene rings is 1. The van der Waals surface area contributed by atoms with Crippen molar-refractivity contribution in [3.63, 3.8) is 0 Å². The first-order valence-corrected chi connectivity index (χ1v) is 5.65. The van der Waals surface area contributed by atoms with Gasteiger partial charge in [0.1, 0.15) is 0 Å². The summed E-state index contributed by atoms with van der Waals surface area (Å²) in [5.41, 5.74) is 6.71. The van der Waals surface area contributed by atoms with Crippen LogP contribution in [-0.4, -0.2) is 9.97 Å². The Hall–Kier alpha value is -0.970. The van der Waals surface area contributed by atoms with Crippen LogP contribution >= 0.6 is 23.4 Å². The maximum absolute atomic E-state index is 5.93. The zero-order valence-electron chi connectivity index (χ0n) is 7.90. The molecule has 78 valence electrons. The molecule has 2 rings (SSSR count). The molecule has 0 radical (unpaired) electrons. The van der Waals surface area contributed by atoms with Crippen molar-refractivity contribution in [2.75, 3.05) is 0 Å². The van der Waals surface area contributed by atoms with E-state index in [1.54, 1.807) is 12.4 Å². The van der Waals surface area contributed by atoms with Crippen molar-refractivity contribution in [1.82, 2.24) is 9.97 Å². The van der Waals surface area contributed by atoms with Crippen LogP contribution in [0.15, 0.2) is 40.6 Å². The molecular weight excluding hydrogens is 230 g/mol.